The average molecular weight is 274 g/mol. The zero-order chi connectivity index (χ0) is 13.4. The summed E-state index contributed by atoms with van der Waals surface area (Å²) < 4.78 is 27.4. The van der Waals surface area contributed by atoms with E-state index in [1.807, 2.05) is 0 Å². The second-order valence-electron chi connectivity index (χ2n) is 3.42. The molecule has 0 saturated heterocycles. The van der Waals surface area contributed by atoms with Crippen molar-refractivity contribution in [1.82, 2.24) is 14.8 Å². The van der Waals surface area contributed by atoms with Gasteiger partial charge in [0.2, 0.25) is 0 Å². The number of carboxylic acids is 1. The van der Waals surface area contributed by atoms with Gasteiger partial charge in [0.1, 0.15) is 17.3 Å². The van der Waals surface area contributed by atoms with E-state index in [1.54, 1.807) is 0 Å². The van der Waals surface area contributed by atoms with Gasteiger partial charge in [-0.15, -0.1) is 5.10 Å². The summed E-state index contributed by atoms with van der Waals surface area (Å²) in [6, 6.07) is 1.53. The maximum Gasteiger partial charge on any atom is 0.375 e. The lowest BCUT2D eigenvalue weighted by molar-refractivity contribution is 0.0683. The molecule has 94 valence electrons. The Morgan fingerprint density at radius 3 is 2.61 bits per heavy atom. The number of aryl methyl sites for hydroxylation is 1. The molecule has 0 radical (unpaired) electrons. The molecule has 0 saturated carbocycles. The Morgan fingerprint density at radius 2 is 2.11 bits per heavy atom. The van der Waals surface area contributed by atoms with E-state index >= 15 is 0 Å². The highest BCUT2D eigenvalue weighted by atomic mass is 35.5. The number of hydrogen-bond donors (Lipinski definition) is 1. The van der Waals surface area contributed by atoms with Gasteiger partial charge in [0.05, 0.1) is 5.02 Å². The number of hydrogen-bond acceptors (Lipinski definition) is 3. The fraction of sp³-hybridized carbons (Fsp3) is 0.100. The van der Waals surface area contributed by atoms with Crippen LogP contribution >= 0.6 is 11.6 Å². The molecule has 1 aromatic carbocycles. The molecule has 8 heteroatoms. The van der Waals surface area contributed by atoms with Crippen LogP contribution in [0.4, 0.5) is 8.78 Å². The fourth-order valence-electron chi connectivity index (χ4n) is 1.43. The normalized spacial score (nSPS) is 10.7. The third-order valence-corrected chi connectivity index (χ3v) is 2.44. The van der Waals surface area contributed by atoms with E-state index in [2.05, 4.69) is 10.1 Å². The molecule has 0 atom stereocenters. The maximum atomic E-state index is 13.6. The summed E-state index contributed by atoms with van der Waals surface area (Å²) in [6.45, 7) is 1.43. The monoisotopic (exact) mass is 273 g/mol. The summed E-state index contributed by atoms with van der Waals surface area (Å²) in [6.07, 6.45) is 0. The number of benzene rings is 1. The van der Waals surface area contributed by atoms with E-state index in [9.17, 15) is 13.6 Å². The van der Waals surface area contributed by atoms with Crippen LogP contribution in [-0.4, -0.2) is 25.8 Å². The molecule has 0 spiro atoms. The first-order valence-electron chi connectivity index (χ1n) is 4.72. The Bertz CT molecular complexity index is 619. The SMILES string of the molecule is Cc1nc(C(=O)O)nn1-c1c(F)cc(F)cc1Cl. The maximum absolute atomic E-state index is 13.6. The Hall–Kier alpha value is -2.02. The second-order valence-corrected chi connectivity index (χ2v) is 3.82. The van der Waals surface area contributed by atoms with Crippen molar-refractivity contribution >= 4 is 17.6 Å². The van der Waals surface area contributed by atoms with Crippen molar-refractivity contribution in [2.24, 2.45) is 0 Å². The third kappa shape index (κ3) is 2.04. The van der Waals surface area contributed by atoms with Gasteiger partial charge < -0.3 is 5.11 Å². The smallest absolute Gasteiger partial charge is 0.375 e. The molecular formula is C10H6ClF2N3O2. The van der Waals surface area contributed by atoms with Gasteiger partial charge >= 0.3 is 5.97 Å². The molecular weight excluding hydrogens is 268 g/mol. The minimum absolute atomic E-state index is 0.125. The van der Waals surface area contributed by atoms with E-state index in [0.29, 0.717) is 6.07 Å². The molecule has 1 heterocycles. The molecule has 0 aliphatic carbocycles. The molecule has 0 unspecified atom stereocenters. The number of aromatic nitrogens is 3. The van der Waals surface area contributed by atoms with Gasteiger partial charge in [-0.25, -0.2) is 23.2 Å². The summed E-state index contributed by atoms with van der Waals surface area (Å²) in [7, 11) is 0. The second kappa shape index (κ2) is 4.34. The fourth-order valence-corrected chi connectivity index (χ4v) is 1.70. The summed E-state index contributed by atoms with van der Waals surface area (Å²) >= 11 is 5.71. The van der Waals surface area contributed by atoms with Crippen molar-refractivity contribution in [3.8, 4) is 5.69 Å². The molecule has 0 fully saturated rings. The first-order chi connectivity index (χ1) is 8.40. The first kappa shape index (κ1) is 12.4. The highest BCUT2D eigenvalue weighted by molar-refractivity contribution is 6.32. The predicted octanol–water partition coefficient (Wildman–Crippen LogP) is 2.21. The van der Waals surface area contributed by atoms with Crippen molar-refractivity contribution in [1.29, 1.82) is 0 Å². The van der Waals surface area contributed by atoms with Crippen LogP contribution in [0.5, 0.6) is 0 Å². The molecule has 5 nitrogen and oxygen atoms in total. The molecule has 1 N–H and O–H groups in total. The van der Waals surface area contributed by atoms with Crippen LogP contribution in [0.3, 0.4) is 0 Å². The minimum Gasteiger partial charge on any atom is -0.475 e. The highest BCUT2D eigenvalue weighted by Gasteiger charge is 2.19. The van der Waals surface area contributed by atoms with Crippen molar-refractivity contribution in [2.75, 3.05) is 0 Å². The minimum atomic E-state index is -1.35. The number of nitrogens with zero attached hydrogens (tertiary/aromatic N) is 3. The lowest BCUT2D eigenvalue weighted by Gasteiger charge is -2.06. The molecule has 18 heavy (non-hydrogen) atoms. The van der Waals surface area contributed by atoms with Crippen molar-refractivity contribution < 1.29 is 18.7 Å². The zero-order valence-corrected chi connectivity index (χ0v) is 9.74. The van der Waals surface area contributed by atoms with Crippen LogP contribution in [0.25, 0.3) is 5.69 Å². The Balaban J connectivity index is 2.66. The van der Waals surface area contributed by atoms with Gasteiger partial charge in [0.25, 0.3) is 5.82 Å². The van der Waals surface area contributed by atoms with Crippen LogP contribution in [0.2, 0.25) is 5.02 Å². The van der Waals surface area contributed by atoms with E-state index in [-0.39, 0.29) is 16.5 Å². The number of aromatic carboxylic acids is 1. The topological polar surface area (TPSA) is 68.0 Å². The lowest BCUT2D eigenvalue weighted by atomic mass is 10.3. The number of carboxylic acid groups (broad SMARTS) is 1. The van der Waals surface area contributed by atoms with Crippen molar-refractivity contribution in [3.63, 3.8) is 0 Å². The summed E-state index contributed by atoms with van der Waals surface area (Å²) in [4.78, 5) is 14.3. The van der Waals surface area contributed by atoms with Crippen molar-refractivity contribution in [3.05, 3.63) is 40.4 Å². The first-order valence-corrected chi connectivity index (χ1v) is 5.10. The van der Waals surface area contributed by atoms with Crippen LogP contribution in [0, 0.1) is 18.6 Å². The number of halogens is 3. The Morgan fingerprint density at radius 1 is 1.44 bits per heavy atom. The van der Waals surface area contributed by atoms with E-state index < -0.39 is 23.4 Å². The molecule has 2 rings (SSSR count). The Kier molecular flexibility index (Phi) is 3.00. The molecule has 2 aromatic rings. The average Bonchev–Trinajstić information content (AvgIpc) is 2.59. The van der Waals surface area contributed by atoms with Gasteiger partial charge in [-0.1, -0.05) is 11.6 Å². The van der Waals surface area contributed by atoms with Crippen LogP contribution in [0.15, 0.2) is 12.1 Å². The zero-order valence-electron chi connectivity index (χ0n) is 8.99. The molecule has 0 amide bonds. The van der Waals surface area contributed by atoms with Gasteiger partial charge in [-0.05, 0) is 13.0 Å². The van der Waals surface area contributed by atoms with Crippen LogP contribution in [0.1, 0.15) is 16.4 Å². The van der Waals surface area contributed by atoms with E-state index in [0.717, 1.165) is 10.7 Å². The number of carbonyl (C=O) groups is 1. The summed E-state index contributed by atoms with van der Waals surface area (Å²) in [5.41, 5.74) is -0.240. The number of rotatable bonds is 2. The highest BCUT2D eigenvalue weighted by Crippen LogP contribution is 2.25. The quantitative estimate of drug-likeness (QED) is 0.911. The standard InChI is InChI=1S/C10H6ClF2N3O2/c1-4-14-9(10(17)18)15-16(4)8-6(11)2-5(12)3-7(8)13/h2-3H,1H3,(H,17,18). The van der Waals surface area contributed by atoms with E-state index in [4.69, 9.17) is 16.7 Å². The molecule has 1 aromatic heterocycles. The predicted molar refractivity (Wildman–Crippen MR) is 58.0 cm³/mol. The Labute approximate surface area is 105 Å². The van der Waals surface area contributed by atoms with Crippen molar-refractivity contribution in [2.45, 2.75) is 6.92 Å². The third-order valence-electron chi connectivity index (χ3n) is 2.15. The molecule has 0 bridgehead atoms. The lowest BCUT2D eigenvalue weighted by Crippen LogP contribution is -2.05. The van der Waals surface area contributed by atoms with E-state index in [1.165, 1.54) is 6.92 Å². The van der Waals surface area contributed by atoms with Gasteiger partial charge in [0.15, 0.2) is 5.82 Å². The molecule has 0 aliphatic heterocycles. The van der Waals surface area contributed by atoms with Gasteiger partial charge in [-0.3, -0.25) is 0 Å². The van der Waals surface area contributed by atoms with Crippen LogP contribution in [-0.2, 0) is 0 Å². The molecule has 0 aliphatic rings. The summed E-state index contributed by atoms with van der Waals surface area (Å²) in [5, 5.41) is 12.1. The van der Waals surface area contributed by atoms with Crippen LogP contribution < -0.4 is 0 Å². The summed E-state index contributed by atoms with van der Waals surface area (Å²) in [5.74, 6) is -3.51. The van der Waals surface area contributed by atoms with Gasteiger partial charge in [-0.2, -0.15) is 0 Å². The largest absolute Gasteiger partial charge is 0.475 e. The van der Waals surface area contributed by atoms with Gasteiger partial charge in [0, 0.05) is 6.07 Å².